The summed E-state index contributed by atoms with van der Waals surface area (Å²) in [6, 6.07) is 6.92. The number of aromatic amines is 1. The summed E-state index contributed by atoms with van der Waals surface area (Å²) in [4.78, 5) is 17.4. The summed E-state index contributed by atoms with van der Waals surface area (Å²) in [5.41, 5.74) is 4.25. The van der Waals surface area contributed by atoms with E-state index in [0.717, 1.165) is 31.6 Å². The van der Waals surface area contributed by atoms with Crippen LogP contribution in [-0.2, 0) is 21.4 Å². The summed E-state index contributed by atoms with van der Waals surface area (Å²) >= 11 is 0. The summed E-state index contributed by atoms with van der Waals surface area (Å²) in [7, 11) is 1.74. The van der Waals surface area contributed by atoms with Gasteiger partial charge in [-0.2, -0.15) is 0 Å². The molecule has 1 fully saturated rings. The molecule has 2 aliphatic heterocycles. The number of hydrogen-bond acceptors (Lipinski definition) is 4. The van der Waals surface area contributed by atoms with E-state index < -0.39 is 0 Å². The number of hydrogen-bond donors (Lipinski definition) is 1. The van der Waals surface area contributed by atoms with Crippen LogP contribution in [0.2, 0.25) is 0 Å². The minimum Gasteiger partial charge on any atom is -0.497 e. The van der Waals surface area contributed by atoms with E-state index in [0.29, 0.717) is 18.6 Å². The monoisotopic (exact) mass is 398 g/mol. The lowest BCUT2D eigenvalue weighted by Crippen LogP contribution is -2.54. The molecule has 2 bridgehead atoms. The van der Waals surface area contributed by atoms with Crippen molar-refractivity contribution in [3.05, 3.63) is 29.5 Å². The molecule has 29 heavy (non-hydrogen) atoms. The summed E-state index contributed by atoms with van der Waals surface area (Å²) in [5.74, 6) is 1.43. The van der Waals surface area contributed by atoms with E-state index in [2.05, 4.69) is 35.9 Å². The molecule has 5 heteroatoms. The number of ether oxygens (including phenoxy) is 2. The topological polar surface area (TPSA) is 54.6 Å². The van der Waals surface area contributed by atoms with Crippen molar-refractivity contribution in [2.75, 3.05) is 26.8 Å². The Bertz CT molecular complexity index is 890. The smallest absolute Gasteiger partial charge is 0.302 e. The first-order chi connectivity index (χ1) is 13.9. The molecule has 0 spiro atoms. The summed E-state index contributed by atoms with van der Waals surface area (Å²) in [6.45, 7) is 9.17. The minimum atomic E-state index is -0.177. The van der Waals surface area contributed by atoms with E-state index in [-0.39, 0.29) is 11.4 Å². The zero-order valence-electron chi connectivity index (χ0n) is 18.2. The first kappa shape index (κ1) is 20.3. The summed E-state index contributed by atoms with van der Waals surface area (Å²) in [6.07, 6.45) is 5.56. The fourth-order valence-corrected chi connectivity index (χ4v) is 5.62. The number of benzene rings is 1. The highest BCUT2D eigenvalue weighted by atomic mass is 16.5. The van der Waals surface area contributed by atoms with Crippen molar-refractivity contribution in [3.63, 3.8) is 0 Å². The second kappa shape index (κ2) is 8.02. The first-order valence-corrected chi connectivity index (χ1v) is 11.0. The Hall–Kier alpha value is -2.01. The lowest BCUT2D eigenvalue weighted by Gasteiger charge is -2.48. The molecule has 4 rings (SSSR count). The first-order valence-electron chi connectivity index (χ1n) is 11.0. The lowest BCUT2D eigenvalue weighted by molar-refractivity contribution is -0.141. The molecule has 1 aromatic carbocycles. The Morgan fingerprint density at radius 1 is 1.34 bits per heavy atom. The molecule has 0 amide bonds. The van der Waals surface area contributed by atoms with E-state index in [4.69, 9.17) is 9.47 Å². The maximum atomic E-state index is 10.9. The van der Waals surface area contributed by atoms with Gasteiger partial charge >= 0.3 is 5.97 Å². The van der Waals surface area contributed by atoms with Gasteiger partial charge in [0.25, 0.3) is 0 Å². The Kier molecular flexibility index (Phi) is 5.60. The van der Waals surface area contributed by atoms with Crippen LogP contribution in [0.1, 0.15) is 57.7 Å². The number of rotatable bonds is 6. The molecule has 0 saturated carbocycles. The molecule has 5 nitrogen and oxygen atoms in total. The van der Waals surface area contributed by atoms with Gasteiger partial charge in [0.1, 0.15) is 5.75 Å². The number of aromatic nitrogens is 1. The van der Waals surface area contributed by atoms with Gasteiger partial charge in [-0.05, 0) is 68.7 Å². The van der Waals surface area contributed by atoms with Crippen LogP contribution in [-0.4, -0.2) is 48.7 Å². The van der Waals surface area contributed by atoms with Crippen molar-refractivity contribution < 1.29 is 14.3 Å². The van der Waals surface area contributed by atoms with Crippen molar-refractivity contribution in [1.82, 2.24) is 9.88 Å². The number of piperidine rings is 1. The third-order valence-corrected chi connectivity index (χ3v) is 7.32. The predicted molar refractivity (Wildman–Crippen MR) is 116 cm³/mol. The van der Waals surface area contributed by atoms with Gasteiger partial charge in [-0.1, -0.05) is 6.92 Å². The second-order valence-electron chi connectivity index (χ2n) is 9.13. The SMILES string of the molecule is COc1ccc2[nH]c3c(c2c1)CCN1C[C@@H](CCCCOC(C)=O)CC3(C)C1C. The highest BCUT2D eigenvalue weighted by Crippen LogP contribution is 2.47. The Labute approximate surface area is 173 Å². The number of nitrogens with zero attached hydrogens (tertiary/aromatic N) is 1. The maximum absolute atomic E-state index is 10.9. The number of H-pyrrole nitrogens is 1. The molecule has 0 radical (unpaired) electrons. The van der Waals surface area contributed by atoms with Crippen LogP contribution in [0.5, 0.6) is 5.75 Å². The molecule has 1 N–H and O–H groups in total. The molecule has 2 aliphatic rings. The molecule has 4 atom stereocenters. The van der Waals surface area contributed by atoms with Crippen molar-refractivity contribution in [1.29, 1.82) is 0 Å². The third-order valence-electron chi connectivity index (χ3n) is 7.32. The average molecular weight is 399 g/mol. The van der Waals surface area contributed by atoms with Crippen LogP contribution < -0.4 is 4.74 Å². The third kappa shape index (κ3) is 3.77. The molecular formula is C24H34N2O3. The van der Waals surface area contributed by atoms with Crippen molar-refractivity contribution in [2.24, 2.45) is 5.92 Å². The van der Waals surface area contributed by atoms with Crippen LogP contribution in [0.4, 0.5) is 0 Å². The number of unbranched alkanes of at least 4 members (excludes halogenated alkanes) is 1. The molecule has 2 aromatic rings. The zero-order chi connectivity index (χ0) is 20.6. The molecule has 158 valence electrons. The molecule has 1 aromatic heterocycles. The van der Waals surface area contributed by atoms with Gasteiger partial charge < -0.3 is 14.5 Å². The standard InChI is InChI=1S/C24H34N2O3/c1-16-24(3)14-18(7-5-6-12-29-17(2)27)15-26(16)11-10-20-21-13-19(28-4)8-9-22(21)25-23(20)24/h8-9,13,16,18,25H,5-7,10-12,14-15H2,1-4H3/t16?,18-,24?/m0/s1. The number of carbonyl (C=O) groups is 1. The largest absolute Gasteiger partial charge is 0.497 e. The van der Waals surface area contributed by atoms with Gasteiger partial charge in [0.05, 0.1) is 13.7 Å². The highest BCUT2D eigenvalue weighted by Gasteiger charge is 2.46. The Morgan fingerprint density at radius 3 is 2.93 bits per heavy atom. The van der Waals surface area contributed by atoms with Crippen LogP contribution >= 0.6 is 0 Å². The van der Waals surface area contributed by atoms with Crippen molar-refractivity contribution in [3.8, 4) is 5.75 Å². The van der Waals surface area contributed by atoms with Crippen LogP contribution in [0, 0.1) is 5.92 Å². The minimum absolute atomic E-state index is 0.122. The summed E-state index contributed by atoms with van der Waals surface area (Å²) < 4.78 is 10.6. The predicted octanol–water partition coefficient (Wildman–Crippen LogP) is 4.43. The number of esters is 1. The highest BCUT2D eigenvalue weighted by molar-refractivity contribution is 5.86. The Balaban J connectivity index is 1.57. The van der Waals surface area contributed by atoms with Gasteiger partial charge in [0.15, 0.2) is 0 Å². The quantitative estimate of drug-likeness (QED) is 0.578. The van der Waals surface area contributed by atoms with E-state index >= 15 is 0 Å². The number of fused-ring (bicyclic) bond motifs is 6. The van der Waals surface area contributed by atoms with Gasteiger partial charge in [0.2, 0.25) is 0 Å². The lowest BCUT2D eigenvalue weighted by atomic mass is 9.68. The van der Waals surface area contributed by atoms with E-state index in [1.165, 1.54) is 48.5 Å². The van der Waals surface area contributed by atoms with Gasteiger partial charge in [-0.3, -0.25) is 9.69 Å². The molecule has 1 saturated heterocycles. The van der Waals surface area contributed by atoms with Crippen molar-refractivity contribution >= 4 is 16.9 Å². The van der Waals surface area contributed by atoms with Gasteiger partial charge in [-0.25, -0.2) is 0 Å². The van der Waals surface area contributed by atoms with Crippen LogP contribution in [0.15, 0.2) is 18.2 Å². The fraction of sp³-hybridized carbons (Fsp3) is 0.625. The molecule has 3 unspecified atom stereocenters. The van der Waals surface area contributed by atoms with E-state index in [1.807, 2.05) is 6.07 Å². The van der Waals surface area contributed by atoms with Gasteiger partial charge in [-0.15, -0.1) is 0 Å². The van der Waals surface area contributed by atoms with Crippen LogP contribution in [0.25, 0.3) is 10.9 Å². The molecule has 3 heterocycles. The average Bonchev–Trinajstić information content (AvgIpc) is 3.05. The molecular weight excluding hydrogens is 364 g/mol. The fourth-order valence-electron chi connectivity index (χ4n) is 5.62. The van der Waals surface area contributed by atoms with Gasteiger partial charge in [0, 0.05) is 48.1 Å². The number of nitrogens with one attached hydrogen (secondary N) is 1. The van der Waals surface area contributed by atoms with Crippen molar-refractivity contribution in [2.45, 2.75) is 64.3 Å². The summed E-state index contributed by atoms with van der Waals surface area (Å²) in [5, 5.41) is 1.32. The second-order valence-corrected chi connectivity index (χ2v) is 9.13. The molecule has 0 aliphatic carbocycles. The number of methoxy groups -OCH3 is 1. The maximum Gasteiger partial charge on any atom is 0.302 e. The van der Waals surface area contributed by atoms with E-state index in [9.17, 15) is 4.79 Å². The normalized spacial score (nSPS) is 28.6. The van der Waals surface area contributed by atoms with E-state index in [1.54, 1.807) is 7.11 Å². The van der Waals surface area contributed by atoms with Crippen LogP contribution in [0.3, 0.4) is 0 Å². The Morgan fingerprint density at radius 2 is 2.17 bits per heavy atom. The zero-order valence-corrected chi connectivity index (χ0v) is 18.2. The number of carbonyl (C=O) groups excluding carboxylic acids is 1.